The number of nitrogens with one attached hydrogen (secondary N) is 1. The molecule has 0 fully saturated rings. The maximum atomic E-state index is 12.5. The van der Waals surface area contributed by atoms with Crippen LogP contribution in [0.2, 0.25) is 0 Å². The molecule has 0 saturated heterocycles. The van der Waals surface area contributed by atoms with E-state index in [1.807, 2.05) is 18.2 Å². The maximum Gasteiger partial charge on any atom is 0.248 e. The summed E-state index contributed by atoms with van der Waals surface area (Å²) in [5.41, 5.74) is 3.94. The fraction of sp³-hybridized carbons (Fsp3) is 0.318. The summed E-state index contributed by atoms with van der Waals surface area (Å²) in [4.78, 5) is 12.5. The van der Waals surface area contributed by atoms with Gasteiger partial charge in [-0.05, 0) is 47.7 Å². The number of rotatable bonds is 8. The number of carbonyl (C=O) groups is 1. The number of carbonyl (C=O) groups excluding carboxylic acids is 1. The predicted molar refractivity (Wildman–Crippen MR) is 109 cm³/mol. The summed E-state index contributed by atoms with van der Waals surface area (Å²) in [5, 5.41) is 3.02. The van der Waals surface area contributed by atoms with Crippen molar-refractivity contribution in [3.8, 4) is 17.2 Å². The van der Waals surface area contributed by atoms with Crippen LogP contribution in [0.25, 0.3) is 6.08 Å². The monoisotopic (exact) mass is 369 g/mol. The molecule has 0 aliphatic rings. The van der Waals surface area contributed by atoms with Gasteiger partial charge in [0, 0.05) is 11.8 Å². The van der Waals surface area contributed by atoms with Crippen molar-refractivity contribution in [2.75, 3.05) is 26.6 Å². The van der Waals surface area contributed by atoms with Gasteiger partial charge in [0.15, 0.2) is 11.5 Å². The molecule has 0 radical (unpaired) electrons. The Labute approximate surface area is 161 Å². The molecule has 1 amide bonds. The van der Waals surface area contributed by atoms with Gasteiger partial charge >= 0.3 is 0 Å². The minimum atomic E-state index is -0.181. The average Bonchev–Trinajstić information content (AvgIpc) is 2.71. The highest BCUT2D eigenvalue weighted by Gasteiger charge is 2.12. The Balaban J connectivity index is 2.25. The minimum Gasteiger partial charge on any atom is -0.493 e. The second kappa shape index (κ2) is 9.67. The van der Waals surface area contributed by atoms with Crippen molar-refractivity contribution < 1.29 is 19.0 Å². The topological polar surface area (TPSA) is 56.8 Å². The fourth-order valence-electron chi connectivity index (χ4n) is 2.94. The van der Waals surface area contributed by atoms with Crippen molar-refractivity contribution in [1.82, 2.24) is 0 Å². The number of ether oxygens (including phenoxy) is 3. The average molecular weight is 369 g/mol. The van der Waals surface area contributed by atoms with Crippen LogP contribution in [0.5, 0.6) is 17.2 Å². The number of methoxy groups -OCH3 is 3. The Morgan fingerprint density at radius 3 is 1.96 bits per heavy atom. The van der Waals surface area contributed by atoms with Gasteiger partial charge in [0.05, 0.1) is 21.3 Å². The first kappa shape index (κ1) is 20.4. The molecule has 2 rings (SSSR count). The molecule has 1 N–H and O–H groups in total. The molecule has 144 valence electrons. The van der Waals surface area contributed by atoms with Crippen LogP contribution >= 0.6 is 0 Å². The van der Waals surface area contributed by atoms with E-state index in [0.29, 0.717) is 17.2 Å². The first-order valence-electron chi connectivity index (χ1n) is 8.97. The van der Waals surface area contributed by atoms with Crippen molar-refractivity contribution in [2.24, 2.45) is 0 Å². The van der Waals surface area contributed by atoms with E-state index in [4.69, 9.17) is 14.2 Å². The van der Waals surface area contributed by atoms with Gasteiger partial charge in [-0.3, -0.25) is 4.79 Å². The molecular formula is C22H27NO4. The SMILES string of the molecule is CCc1cccc(CC)c1NC(=O)/C=C/c1cc(OC)c(OC)c(OC)c1. The molecule has 0 atom stereocenters. The third-order valence-corrected chi connectivity index (χ3v) is 4.36. The third-order valence-electron chi connectivity index (χ3n) is 4.36. The van der Waals surface area contributed by atoms with Crippen LogP contribution in [0.1, 0.15) is 30.5 Å². The van der Waals surface area contributed by atoms with Gasteiger partial charge in [-0.1, -0.05) is 32.0 Å². The molecule has 0 saturated carbocycles. The van der Waals surface area contributed by atoms with Gasteiger partial charge < -0.3 is 19.5 Å². The molecule has 0 bridgehead atoms. The maximum absolute atomic E-state index is 12.5. The van der Waals surface area contributed by atoms with Crippen LogP contribution in [0.15, 0.2) is 36.4 Å². The zero-order chi connectivity index (χ0) is 19.8. The number of benzene rings is 2. The molecule has 0 aliphatic carbocycles. The fourth-order valence-corrected chi connectivity index (χ4v) is 2.94. The minimum absolute atomic E-state index is 0.181. The summed E-state index contributed by atoms with van der Waals surface area (Å²) >= 11 is 0. The van der Waals surface area contributed by atoms with Crippen molar-refractivity contribution in [2.45, 2.75) is 26.7 Å². The molecule has 27 heavy (non-hydrogen) atoms. The summed E-state index contributed by atoms with van der Waals surface area (Å²) in [7, 11) is 4.68. The highest BCUT2D eigenvalue weighted by atomic mass is 16.5. The van der Waals surface area contributed by atoms with Gasteiger partial charge in [0.1, 0.15) is 0 Å². The van der Waals surface area contributed by atoms with E-state index in [-0.39, 0.29) is 5.91 Å². The Morgan fingerprint density at radius 1 is 0.963 bits per heavy atom. The first-order chi connectivity index (χ1) is 13.1. The largest absolute Gasteiger partial charge is 0.493 e. The molecule has 5 heteroatoms. The van der Waals surface area contributed by atoms with Crippen molar-refractivity contribution in [3.63, 3.8) is 0 Å². The van der Waals surface area contributed by atoms with E-state index >= 15 is 0 Å². The van der Waals surface area contributed by atoms with Gasteiger partial charge in [0.2, 0.25) is 11.7 Å². The smallest absolute Gasteiger partial charge is 0.248 e. The Kier molecular flexibility index (Phi) is 7.29. The van der Waals surface area contributed by atoms with Crippen LogP contribution in [0, 0.1) is 0 Å². The van der Waals surface area contributed by atoms with E-state index in [1.165, 1.54) is 6.08 Å². The van der Waals surface area contributed by atoms with Crippen LogP contribution in [0.4, 0.5) is 5.69 Å². The van der Waals surface area contributed by atoms with Gasteiger partial charge in [-0.2, -0.15) is 0 Å². The summed E-state index contributed by atoms with van der Waals surface area (Å²) in [5.74, 6) is 1.42. The van der Waals surface area contributed by atoms with Crippen LogP contribution in [0.3, 0.4) is 0 Å². The van der Waals surface area contributed by atoms with Crippen LogP contribution in [-0.4, -0.2) is 27.2 Å². The van der Waals surface area contributed by atoms with Gasteiger partial charge in [-0.25, -0.2) is 0 Å². The highest BCUT2D eigenvalue weighted by molar-refractivity contribution is 6.03. The molecular weight excluding hydrogens is 342 g/mol. The third kappa shape index (κ3) is 4.82. The number of hydrogen-bond donors (Lipinski definition) is 1. The lowest BCUT2D eigenvalue weighted by molar-refractivity contribution is -0.111. The quantitative estimate of drug-likeness (QED) is 0.697. The number of aryl methyl sites for hydroxylation is 2. The molecule has 2 aromatic rings. The van der Waals surface area contributed by atoms with Gasteiger partial charge in [0.25, 0.3) is 0 Å². The molecule has 0 aliphatic heterocycles. The molecule has 0 spiro atoms. The Morgan fingerprint density at radius 2 is 1.52 bits per heavy atom. The van der Waals surface area contributed by atoms with E-state index in [2.05, 4.69) is 19.2 Å². The van der Waals surface area contributed by atoms with E-state index in [9.17, 15) is 4.79 Å². The zero-order valence-electron chi connectivity index (χ0n) is 16.6. The predicted octanol–water partition coefficient (Wildman–Crippen LogP) is 4.49. The zero-order valence-corrected chi connectivity index (χ0v) is 16.6. The molecule has 0 aromatic heterocycles. The van der Waals surface area contributed by atoms with Gasteiger partial charge in [-0.15, -0.1) is 0 Å². The van der Waals surface area contributed by atoms with E-state index in [1.54, 1.807) is 39.5 Å². The molecule has 5 nitrogen and oxygen atoms in total. The van der Waals surface area contributed by atoms with Crippen LogP contribution < -0.4 is 19.5 Å². The lowest BCUT2D eigenvalue weighted by atomic mass is 10.0. The lowest BCUT2D eigenvalue weighted by Crippen LogP contribution is -2.11. The van der Waals surface area contributed by atoms with Crippen molar-refractivity contribution in [3.05, 3.63) is 53.1 Å². The normalized spacial score (nSPS) is 10.7. The summed E-state index contributed by atoms with van der Waals surface area (Å²) in [6.45, 7) is 4.16. The summed E-state index contributed by atoms with van der Waals surface area (Å²) < 4.78 is 16.0. The second-order valence-corrected chi connectivity index (χ2v) is 5.94. The van der Waals surface area contributed by atoms with Crippen molar-refractivity contribution in [1.29, 1.82) is 0 Å². The van der Waals surface area contributed by atoms with Crippen molar-refractivity contribution >= 4 is 17.7 Å². The summed E-state index contributed by atoms with van der Waals surface area (Å²) in [6, 6.07) is 9.69. The summed E-state index contributed by atoms with van der Waals surface area (Å²) in [6.07, 6.45) is 4.95. The lowest BCUT2D eigenvalue weighted by Gasteiger charge is -2.14. The molecule has 0 unspecified atom stereocenters. The van der Waals surface area contributed by atoms with Crippen LogP contribution in [-0.2, 0) is 17.6 Å². The second-order valence-electron chi connectivity index (χ2n) is 5.94. The molecule has 2 aromatic carbocycles. The number of anilines is 1. The van der Waals surface area contributed by atoms with E-state index < -0.39 is 0 Å². The Bertz CT molecular complexity index is 780. The van der Waals surface area contributed by atoms with E-state index in [0.717, 1.165) is 35.2 Å². The number of amides is 1. The number of hydrogen-bond acceptors (Lipinski definition) is 4. The molecule has 0 heterocycles. The standard InChI is InChI=1S/C22H27NO4/c1-6-16-9-8-10-17(7-2)21(16)23-20(24)12-11-15-13-18(25-3)22(27-5)19(14-15)26-4/h8-14H,6-7H2,1-5H3,(H,23,24)/b12-11+. The first-order valence-corrected chi connectivity index (χ1v) is 8.97. The highest BCUT2D eigenvalue weighted by Crippen LogP contribution is 2.38. The Hall–Kier alpha value is -2.95. The number of para-hydroxylation sites is 1.